The first-order valence-electron chi connectivity index (χ1n) is 4.95. The van der Waals surface area contributed by atoms with Crippen molar-refractivity contribution in [3.63, 3.8) is 0 Å². The highest BCUT2D eigenvalue weighted by Crippen LogP contribution is 2.26. The molecule has 0 spiro atoms. The molecule has 1 amide bonds. The summed E-state index contributed by atoms with van der Waals surface area (Å²) in [6.07, 6.45) is -4.81. The van der Waals surface area contributed by atoms with Gasteiger partial charge in [0.05, 0.1) is 5.56 Å². The Morgan fingerprint density at radius 1 is 1.29 bits per heavy atom. The number of ether oxygens (including phenoxy) is 1. The standard InChI is InChI=1S/C11H12F3NO2/c1-7(2)15-10(16)8-5-3-4-6-9(8)17-11(12,13)14/h3-7H,1-2H3,(H,15,16). The van der Waals surface area contributed by atoms with E-state index in [2.05, 4.69) is 10.1 Å². The third-order valence-corrected chi connectivity index (χ3v) is 1.78. The Labute approximate surface area is 96.6 Å². The van der Waals surface area contributed by atoms with Crippen LogP contribution in [0, 0.1) is 0 Å². The minimum absolute atomic E-state index is 0.140. The number of alkyl halides is 3. The van der Waals surface area contributed by atoms with E-state index in [4.69, 9.17) is 0 Å². The second-order valence-corrected chi connectivity index (χ2v) is 3.67. The van der Waals surface area contributed by atoms with E-state index in [1.54, 1.807) is 13.8 Å². The van der Waals surface area contributed by atoms with Gasteiger partial charge in [-0.25, -0.2) is 0 Å². The smallest absolute Gasteiger partial charge is 0.405 e. The minimum atomic E-state index is -4.81. The molecular weight excluding hydrogens is 235 g/mol. The van der Waals surface area contributed by atoms with E-state index in [-0.39, 0.29) is 11.6 Å². The van der Waals surface area contributed by atoms with E-state index in [1.807, 2.05) is 0 Å². The molecule has 1 aromatic rings. The third-order valence-electron chi connectivity index (χ3n) is 1.78. The molecule has 0 unspecified atom stereocenters. The van der Waals surface area contributed by atoms with Crippen molar-refractivity contribution in [2.45, 2.75) is 26.3 Å². The summed E-state index contributed by atoms with van der Waals surface area (Å²) in [4.78, 5) is 11.6. The number of nitrogens with one attached hydrogen (secondary N) is 1. The lowest BCUT2D eigenvalue weighted by Gasteiger charge is -2.14. The molecule has 1 rings (SSSR count). The van der Waals surface area contributed by atoms with Gasteiger partial charge in [0.25, 0.3) is 5.91 Å². The van der Waals surface area contributed by atoms with Gasteiger partial charge >= 0.3 is 6.36 Å². The zero-order chi connectivity index (χ0) is 13.1. The summed E-state index contributed by atoms with van der Waals surface area (Å²) in [7, 11) is 0. The molecule has 0 aliphatic heterocycles. The number of benzene rings is 1. The van der Waals surface area contributed by atoms with Gasteiger partial charge in [-0.2, -0.15) is 0 Å². The number of carbonyl (C=O) groups is 1. The van der Waals surface area contributed by atoms with Crippen LogP contribution in [0.5, 0.6) is 5.75 Å². The molecule has 0 aliphatic rings. The van der Waals surface area contributed by atoms with Crippen molar-refractivity contribution in [3.8, 4) is 5.75 Å². The molecule has 3 nitrogen and oxygen atoms in total. The first kappa shape index (κ1) is 13.3. The highest BCUT2D eigenvalue weighted by molar-refractivity contribution is 5.97. The second kappa shape index (κ2) is 5.07. The molecule has 0 saturated carbocycles. The molecule has 0 saturated heterocycles. The SMILES string of the molecule is CC(C)NC(=O)c1ccccc1OC(F)(F)F. The van der Waals surface area contributed by atoms with Crippen LogP contribution in [0.25, 0.3) is 0 Å². The third kappa shape index (κ3) is 4.34. The molecule has 6 heteroatoms. The zero-order valence-corrected chi connectivity index (χ0v) is 9.34. The molecule has 0 bridgehead atoms. The van der Waals surface area contributed by atoms with Crippen molar-refractivity contribution in [3.05, 3.63) is 29.8 Å². The monoisotopic (exact) mass is 247 g/mol. The largest absolute Gasteiger partial charge is 0.573 e. The van der Waals surface area contributed by atoms with Gasteiger partial charge in [-0.05, 0) is 26.0 Å². The van der Waals surface area contributed by atoms with Crippen LogP contribution >= 0.6 is 0 Å². The van der Waals surface area contributed by atoms with Gasteiger partial charge in [-0.1, -0.05) is 12.1 Å². The van der Waals surface area contributed by atoms with Crippen LogP contribution in [0.4, 0.5) is 13.2 Å². The molecule has 94 valence electrons. The predicted molar refractivity (Wildman–Crippen MR) is 55.7 cm³/mol. The first-order valence-corrected chi connectivity index (χ1v) is 4.95. The summed E-state index contributed by atoms with van der Waals surface area (Å²) in [5, 5.41) is 2.50. The zero-order valence-electron chi connectivity index (χ0n) is 9.34. The van der Waals surface area contributed by atoms with Crippen molar-refractivity contribution in [1.29, 1.82) is 0 Å². The average molecular weight is 247 g/mol. The second-order valence-electron chi connectivity index (χ2n) is 3.67. The molecular formula is C11H12F3NO2. The summed E-state index contributed by atoms with van der Waals surface area (Å²) in [5.74, 6) is -1.10. The maximum atomic E-state index is 12.1. The number of rotatable bonds is 3. The highest BCUT2D eigenvalue weighted by atomic mass is 19.4. The number of hydrogen-bond donors (Lipinski definition) is 1. The first-order chi connectivity index (χ1) is 7.79. The summed E-state index contributed by atoms with van der Waals surface area (Å²) in [6, 6.07) is 5.05. The van der Waals surface area contributed by atoms with Crippen LogP contribution in [0.15, 0.2) is 24.3 Å². The maximum absolute atomic E-state index is 12.1. The fourth-order valence-corrected chi connectivity index (χ4v) is 1.21. The molecule has 0 fully saturated rings. The Kier molecular flexibility index (Phi) is 3.98. The number of halogens is 3. The van der Waals surface area contributed by atoms with Gasteiger partial charge < -0.3 is 10.1 Å². The summed E-state index contributed by atoms with van der Waals surface area (Å²) in [5.41, 5.74) is -0.140. The Hall–Kier alpha value is -1.72. The predicted octanol–water partition coefficient (Wildman–Crippen LogP) is 2.72. The maximum Gasteiger partial charge on any atom is 0.573 e. The highest BCUT2D eigenvalue weighted by Gasteiger charge is 2.32. The number of amides is 1. The van der Waals surface area contributed by atoms with E-state index in [0.717, 1.165) is 6.07 Å². The number of para-hydroxylation sites is 1. The van der Waals surface area contributed by atoms with Crippen molar-refractivity contribution in [2.75, 3.05) is 0 Å². The van der Waals surface area contributed by atoms with Crippen LogP contribution in [0.1, 0.15) is 24.2 Å². The average Bonchev–Trinajstić information content (AvgIpc) is 2.14. The van der Waals surface area contributed by atoms with Crippen molar-refractivity contribution < 1.29 is 22.7 Å². The van der Waals surface area contributed by atoms with E-state index in [0.29, 0.717) is 0 Å². The lowest BCUT2D eigenvalue weighted by atomic mass is 10.2. The van der Waals surface area contributed by atoms with Gasteiger partial charge in [0.1, 0.15) is 5.75 Å². The summed E-state index contributed by atoms with van der Waals surface area (Å²) in [6.45, 7) is 3.43. The Morgan fingerprint density at radius 3 is 2.41 bits per heavy atom. The Morgan fingerprint density at radius 2 is 1.88 bits per heavy atom. The van der Waals surface area contributed by atoms with Gasteiger partial charge in [0.2, 0.25) is 0 Å². The molecule has 0 aliphatic carbocycles. The summed E-state index contributed by atoms with van der Waals surface area (Å²) < 4.78 is 40.1. The van der Waals surface area contributed by atoms with Crippen molar-refractivity contribution in [2.24, 2.45) is 0 Å². The molecule has 17 heavy (non-hydrogen) atoms. The molecule has 0 aromatic heterocycles. The normalized spacial score (nSPS) is 11.4. The van der Waals surface area contributed by atoms with Crippen molar-refractivity contribution >= 4 is 5.91 Å². The summed E-state index contributed by atoms with van der Waals surface area (Å²) >= 11 is 0. The molecule has 1 aromatic carbocycles. The van der Waals surface area contributed by atoms with Gasteiger partial charge in [-0.15, -0.1) is 13.2 Å². The molecule has 1 N–H and O–H groups in total. The number of hydrogen-bond acceptors (Lipinski definition) is 2. The Balaban J connectivity index is 2.95. The molecule has 0 heterocycles. The van der Waals surface area contributed by atoms with Gasteiger partial charge in [0, 0.05) is 6.04 Å². The van der Waals surface area contributed by atoms with Crippen LogP contribution < -0.4 is 10.1 Å². The fourth-order valence-electron chi connectivity index (χ4n) is 1.21. The van der Waals surface area contributed by atoms with E-state index in [9.17, 15) is 18.0 Å². The molecule has 0 atom stereocenters. The minimum Gasteiger partial charge on any atom is -0.405 e. The van der Waals surface area contributed by atoms with Gasteiger partial charge in [-0.3, -0.25) is 4.79 Å². The van der Waals surface area contributed by atoms with Crippen LogP contribution in [-0.2, 0) is 0 Å². The topological polar surface area (TPSA) is 38.3 Å². The van der Waals surface area contributed by atoms with Crippen LogP contribution in [-0.4, -0.2) is 18.3 Å². The van der Waals surface area contributed by atoms with E-state index >= 15 is 0 Å². The fraction of sp³-hybridized carbons (Fsp3) is 0.364. The lowest BCUT2D eigenvalue weighted by Crippen LogP contribution is -2.31. The number of carbonyl (C=O) groups excluding carboxylic acids is 1. The van der Waals surface area contributed by atoms with Gasteiger partial charge in [0.15, 0.2) is 0 Å². The van der Waals surface area contributed by atoms with E-state index < -0.39 is 18.0 Å². The molecule has 0 radical (unpaired) electrons. The Bertz CT molecular complexity index is 402. The van der Waals surface area contributed by atoms with E-state index in [1.165, 1.54) is 18.2 Å². The quantitative estimate of drug-likeness (QED) is 0.891. The van der Waals surface area contributed by atoms with Crippen molar-refractivity contribution in [1.82, 2.24) is 5.32 Å². The van der Waals surface area contributed by atoms with Crippen LogP contribution in [0.2, 0.25) is 0 Å². The lowest BCUT2D eigenvalue weighted by molar-refractivity contribution is -0.274. The van der Waals surface area contributed by atoms with Crippen LogP contribution in [0.3, 0.4) is 0 Å².